The Bertz CT molecular complexity index is 527. The molecule has 1 amide bonds. The first-order chi connectivity index (χ1) is 10.2. The second kappa shape index (κ2) is 7.82. The van der Waals surface area contributed by atoms with Crippen LogP contribution in [0.4, 0.5) is 0 Å². The number of ether oxygens (including phenoxy) is 1. The Labute approximate surface area is 125 Å². The highest BCUT2D eigenvalue weighted by molar-refractivity contribution is 5.94. The maximum Gasteiger partial charge on any atom is 0.251 e. The zero-order valence-corrected chi connectivity index (χ0v) is 12.3. The maximum atomic E-state index is 12.1. The smallest absolute Gasteiger partial charge is 0.251 e. The van der Waals surface area contributed by atoms with Gasteiger partial charge in [-0.05, 0) is 37.1 Å². The molecule has 2 atom stereocenters. The van der Waals surface area contributed by atoms with Crippen molar-refractivity contribution in [2.75, 3.05) is 19.8 Å². The van der Waals surface area contributed by atoms with Crippen LogP contribution in [0.3, 0.4) is 0 Å². The second-order valence-corrected chi connectivity index (χ2v) is 5.11. The molecular weight excluding hydrogens is 266 g/mol. The van der Waals surface area contributed by atoms with E-state index in [2.05, 4.69) is 24.1 Å². The van der Waals surface area contributed by atoms with E-state index in [0.717, 1.165) is 25.0 Å². The molecule has 1 heterocycles. The number of nitrogens with one attached hydrogen (secondary N) is 1. The minimum atomic E-state index is -0.162. The van der Waals surface area contributed by atoms with Gasteiger partial charge in [0.2, 0.25) is 0 Å². The van der Waals surface area contributed by atoms with Crippen molar-refractivity contribution < 1.29 is 14.6 Å². The number of hydrogen-bond acceptors (Lipinski definition) is 3. The van der Waals surface area contributed by atoms with Gasteiger partial charge in [-0.2, -0.15) is 0 Å². The van der Waals surface area contributed by atoms with Gasteiger partial charge in [0.25, 0.3) is 5.91 Å². The van der Waals surface area contributed by atoms with Gasteiger partial charge in [0.05, 0.1) is 6.10 Å². The predicted octanol–water partition coefficient (Wildman–Crippen LogP) is 1.58. The number of rotatable bonds is 4. The highest BCUT2D eigenvalue weighted by Gasteiger charge is 2.26. The van der Waals surface area contributed by atoms with Gasteiger partial charge in [-0.3, -0.25) is 4.79 Å². The molecule has 0 aromatic heterocycles. The summed E-state index contributed by atoms with van der Waals surface area (Å²) >= 11 is 0. The molecule has 1 aromatic rings. The lowest BCUT2D eigenvalue weighted by atomic mass is 9.99. The first-order valence-corrected chi connectivity index (χ1v) is 7.34. The number of hydrogen-bond donors (Lipinski definition) is 2. The lowest BCUT2D eigenvalue weighted by Crippen LogP contribution is -2.32. The molecule has 4 nitrogen and oxygen atoms in total. The molecular formula is C17H21NO3. The summed E-state index contributed by atoms with van der Waals surface area (Å²) in [6.45, 7) is 3.39. The van der Waals surface area contributed by atoms with Crippen LogP contribution >= 0.6 is 0 Å². The summed E-state index contributed by atoms with van der Waals surface area (Å²) < 4.78 is 5.62. The molecule has 1 aliphatic rings. The molecule has 1 aliphatic heterocycles. The van der Waals surface area contributed by atoms with Gasteiger partial charge in [-0.1, -0.05) is 18.8 Å². The van der Waals surface area contributed by atoms with Gasteiger partial charge in [-0.15, -0.1) is 0 Å². The van der Waals surface area contributed by atoms with Crippen molar-refractivity contribution in [2.24, 2.45) is 5.92 Å². The van der Waals surface area contributed by atoms with Gasteiger partial charge in [0.15, 0.2) is 0 Å². The molecule has 0 aliphatic carbocycles. The van der Waals surface area contributed by atoms with E-state index in [1.54, 1.807) is 24.3 Å². The zero-order valence-electron chi connectivity index (χ0n) is 12.3. The van der Waals surface area contributed by atoms with Crippen LogP contribution in [0.25, 0.3) is 0 Å². The van der Waals surface area contributed by atoms with E-state index >= 15 is 0 Å². The molecule has 1 aromatic carbocycles. The molecule has 0 saturated carbocycles. The number of benzene rings is 1. The minimum absolute atomic E-state index is 0.0709. The monoisotopic (exact) mass is 287 g/mol. The van der Waals surface area contributed by atoms with Gasteiger partial charge < -0.3 is 15.2 Å². The highest BCUT2D eigenvalue weighted by atomic mass is 16.5. The molecule has 4 heteroatoms. The standard InChI is InChI=1S/C17H21NO3/c1-2-16-15(9-11-21-16)12-18-17(20)14-7-5-13(6-8-14)4-3-10-19/h5-8,15-16,19H,2,9-12H2,1H3,(H,18,20). The SMILES string of the molecule is CCC1OCCC1CNC(=O)c1ccc(C#CCO)cc1. The summed E-state index contributed by atoms with van der Waals surface area (Å²) in [5.74, 6) is 5.72. The largest absolute Gasteiger partial charge is 0.384 e. The Balaban J connectivity index is 1.88. The lowest BCUT2D eigenvalue weighted by molar-refractivity contribution is 0.0827. The average molecular weight is 287 g/mol. The van der Waals surface area contributed by atoms with E-state index in [1.165, 1.54) is 0 Å². The summed E-state index contributed by atoms with van der Waals surface area (Å²) in [5.41, 5.74) is 1.41. The van der Waals surface area contributed by atoms with Crippen molar-refractivity contribution in [3.05, 3.63) is 35.4 Å². The van der Waals surface area contributed by atoms with Crippen LogP contribution < -0.4 is 5.32 Å². The first-order valence-electron chi connectivity index (χ1n) is 7.34. The molecule has 1 saturated heterocycles. The van der Waals surface area contributed by atoms with Crippen LogP contribution in [0.5, 0.6) is 0 Å². The number of aliphatic hydroxyl groups excluding tert-OH is 1. The third-order valence-electron chi connectivity index (χ3n) is 3.73. The topological polar surface area (TPSA) is 58.6 Å². The molecule has 2 N–H and O–H groups in total. The Kier molecular flexibility index (Phi) is 5.79. The van der Waals surface area contributed by atoms with Crippen LogP contribution in [0, 0.1) is 17.8 Å². The fourth-order valence-electron chi connectivity index (χ4n) is 2.55. The predicted molar refractivity (Wildman–Crippen MR) is 80.9 cm³/mol. The molecule has 2 unspecified atom stereocenters. The van der Waals surface area contributed by atoms with E-state index in [-0.39, 0.29) is 18.6 Å². The van der Waals surface area contributed by atoms with Crippen molar-refractivity contribution >= 4 is 5.91 Å². The molecule has 2 rings (SSSR count). The Morgan fingerprint density at radius 1 is 1.43 bits per heavy atom. The van der Waals surface area contributed by atoms with E-state index in [1.807, 2.05) is 0 Å². The van der Waals surface area contributed by atoms with Gasteiger partial charge in [0, 0.05) is 30.2 Å². The molecule has 1 fully saturated rings. The number of aliphatic hydroxyl groups is 1. The molecule has 0 radical (unpaired) electrons. The molecule has 0 spiro atoms. The fourth-order valence-corrected chi connectivity index (χ4v) is 2.55. The quantitative estimate of drug-likeness (QED) is 0.827. The second-order valence-electron chi connectivity index (χ2n) is 5.11. The molecule has 0 bridgehead atoms. The van der Waals surface area contributed by atoms with Crippen molar-refractivity contribution in [3.8, 4) is 11.8 Å². The normalized spacial score (nSPS) is 20.7. The molecule has 21 heavy (non-hydrogen) atoms. The molecule has 112 valence electrons. The third-order valence-corrected chi connectivity index (χ3v) is 3.73. The summed E-state index contributed by atoms with van der Waals surface area (Å²) in [6.07, 6.45) is 2.26. The highest BCUT2D eigenvalue weighted by Crippen LogP contribution is 2.22. The Morgan fingerprint density at radius 2 is 2.19 bits per heavy atom. The number of carbonyl (C=O) groups is 1. The van der Waals surface area contributed by atoms with Crippen molar-refractivity contribution in [1.82, 2.24) is 5.32 Å². The van der Waals surface area contributed by atoms with Gasteiger partial charge >= 0.3 is 0 Å². The number of carbonyl (C=O) groups excluding carboxylic acids is 1. The average Bonchev–Trinajstić information content (AvgIpc) is 2.98. The van der Waals surface area contributed by atoms with Crippen LogP contribution in [-0.2, 0) is 4.74 Å². The summed E-state index contributed by atoms with van der Waals surface area (Å²) in [4.78, 5) is 12.1. The summed E-state index contributed by atoms with van der Waals surface area (Å²) in [7, 11) is 0. The van der Waals surface area contributed by atoms with Gasteiger partial charge in [0.1, 0.15) is 6.61 Å². The van der Waals surface area contributed by atoms with Crippen LogP contribution in [0.1, 0.15) is 35.7 Å². The Morgan fingerprint density at radius 3 is 2.86 bits per heavy atom. The van der Waals surface area contributed by atoms with E-state index < -0.39 is 0 Å². The van der Waals surface area contributed by atoms with E-state index in [9.17, 15) is 4.79 Å². The van der Waals surface area contributed by atoms with Gasteiger partial charge in [-0.25, -0.2) is 0 Å². The minimum Gasteiger partial charge on any atom is -0.384 e. The van der Waals surface area contributed by atoms with E-state index in [0.29, 0.717) is 18.0 Å². The number of amides is 1. The summed E-state index contributed by atoms with van der Waals surface area (Å²) in [6, 6.07) is 7.06. The van der Waals surface area contributed by atoms with Crippen molar-refractivity contribution in [3.63, 3.8) is 0 Å². The van der Waals surface area contributed by atoms with E-state index in [4.69, 9.17) is 9.84 Å². The Hall–Kier alpha value is -1.83. The van der Waals surface area contributed by atoms with Crippen molar-refractivity contribution in [2.45, 2.75) is 25.9 Å². The first kappa shape index (κ1) is 15.6. The van der Waals surface area contributed by atoms with Crippen LogP contribution in [0.15, 0.2) is 24.3 Å². The fraction of sp³-hybridized carbons (Fsp3) is 0.471. The van der Waals surface area contributed by atoms with Crippen LogP contribution in [-0.4, -0.2) is 36.9 Å². The third kappa shape index (κ3) is 4.32. The summed E-state index contributed by atoms with van der Waals surface area (Å²) in [5, 5.41) is 11.6. The maximum absolute atomic E-state index is 12.1. The zero-order chi connectivity index (χ0) is 15.1. The van der Waals surface area contributed by atoms with Crippen molar-refractivity contribution in [1.29, 1.82) is 0 Å². The van der Waals surface area contributed by atoms with Crippen LogP contribution in [0.2, 0.25) is 0 Å². The lowest BCUT2D eigenvalue weighted by Gasteiger charge is -2.17.